The SMILES string of the molecule is CC(C)N1CCC(OC2CCC(c3ccccc3N)CN2)CC1. The zero-order chi connectivity index (χ0) is 16.2. The molecule has 1 aromatic carbocycles. The predicted octanol–water partition coefficient (Wildman–Crippen LogP) is 2.95. The van der Waals surface area contributed by atoms with Crippen LogP contribution in [0.25, 0.3) is 0 Å². The molecule has 3 rings (SSSR count). The standard InChI is InChI=1S/C19H31N3O/c1-14(2)22-11-9-16(10-12-22)23-19-8-7-15(13-21-19)17-5-3-4-6-18(17)20/h3-6,14-16,19,21H,7-13,20H2,1-2H3. The molecule has 2 heterocycles. The molecule has 128 valence electrons. The van der Waals surface area contributed by atoms with Crippen LogP contribution in [0.15, 0.2) is 24.3 Å². The molecule has 0 aliphatic carbocycles. The molecule has 2 aliphatic heterocycles. The highest BCUT2D eigenvalue weighted by molar-refractivity contribution is 5.48. The Morgan fingerprint density at radius 1 is 1.13 bits per heavy atom. The summed E-state index contributed by atoms with van der Waals surface area (Å²) in [6, 6.07) is 8.90. The molecular weight excluding hydrogens is 286 g/mol. The highest BCUT2D eigenvalue weighted by atomic mass is 16.5. The van der Waals surface area contributed by atoms with Crippen molar-refractivity contribution in [1.82, 2.24) is 10.2 Å². The van der Waals surface area contributed by atoms with Gasteiger partial charge in [0, 0.05) is 31.4 Å². The van der Waals surface area contributed by atoms with Crippen LogP contribution in [-0.4, -0.2) is 42.9 Å². The number of nitrogen functional groups attached to an aromatic ring is 1. The molecule has 2 atom stereocenters. The summed E-state index contributed by atoms with van der Waals surface area (Å²) in [7, 11) is 0. The van der Waals surface area contributed by atoms with Gasteiger partial charge in [-0.3, -0.25) is 5.32 Å². The van der Waals surface area contributed by atoms with Crippen molar-refractivity contribution in [3.05, 3.63) is 29.8 Å². The highest BCUT2D eigenvalue weighted by Crippen LogP contribution is 2.30. The van der Waals surface area contributed by atoms with Crippen molar-refractivity contribution in [1.29, 1.82) is 0 Å². The number of anilines is 1. The van der Waals surface area contributed by atoms with E-state index < -0.39 is 0 Å². The monoisotopic (exact) mass is 317 g/mol. The maximum atomic E-state index is 6.31. The van der Waals surface area contributed by atoms with Gasteiger partial charge in [0.1, 0.15) is 6.23 Å². The minimum absolute atomic E-state index is 0.215. The number of hydrogen-bond acceptors (Lipinski definition) is 4. The van der Waals surface area contributed by atoms with E-state index in [1.165, 1.54) is 5.56 Å². The van der Waals surface area contributed by atoms with Gasteiger partial charge in [0.2, 0.25) is 0 Å². The third-order valence-corrected chi connectivity index (χ3v) is 5.37. The lowest BCUT2D eigenvalue weighted by Gasteiger charge is -2.38. The third kappa shape index (κ3) is 4.25. The van der Waals surface area contributed by atoms with Crippen LogP contribution in [0.2, 0.25) is 0 Å². The molecule has 4 nitrogen and oxygen atoms in total. The quantitative estimate of drug-likeness (QED) is 0.838. The largest absolute Gasteiger partial charge is 0.398 e. The molecule has 0 saturated carbocycles. The van der Waals surface area contributed by atoms with E-state index in [-0.39, 0.29) is 6.23 Å². The molecule has 0 spiro atoms. The summed E-state index contributed by atoms with van der Waals surface area (Å²) in [4.78, 5) is 2.54. The van der Waals surface area contributed by atoms with Gasteiger partial charge in [-0.15, -0.1) is 0 Å². The molecule has 0 radical (unpaired) electrons. The van der Waals surface area contributed by atoms with Crippen LogP contribution in [-0.2, 0) is 4.74 Å². The number of likely N-dealkylation sites (tertiary alicyclic amines) is 1. The number of para-hydroxylation sites is 1. The van der Waals surface area contributed by atoms with E-state index in [2.05, 4.69) is 36.2 Å². The molecule has 3 N–H and O–H groups in total. The van der Waals surface area contributed by atoms with Gasteiger partial charge in [0.05, 0.1) is 6.10 Å². The summed E-state index contributed by atoms with van der Waals surface area (Å²) in [5.74, 6) is 0.513. The number of nitrogens with one attached hydrogen (secondary N) is 1. The molecular formula is C19H31N3O. The lowest BCUT2D eigenvalue weighted by atomic mass is 9.90. The van der Waals surface area contributed by atoms with Gasteiger partial charge < -0.3 is 15.4 Å². The Bertz CT molecular complexity index is 489. The lowest BCUT2D eigenvalue weighted by Crippen LogP contribution is -2.46. The van der Waals surface area contributed by atoms with E-state index >= 15 is 0 Å². The third-order valence-electron chi connectivity index (χ3n) is 5.37. The average Bonchev–Trinajstić information content (AvgIpc) is 2.57. The van der Waals surface area contributed by atoms with Crippen molar-refractivity contribution in [3.8, 4) is 0 Å². The van der Waals surface area contributed by atoms with Gasteiger partial charge in [0.25, 0.3) is 0 Å². The molecule has 0 aromatic heterocycles. The fraction of sp³-hybridized carbons (Fsp3) is 0.684. The Balaban J connectivity index is 1.44. The minimum Gasteiger partial charge on any atom is -0.398 e. The van der Waals surface area contributed by atoms with Crippen molar-refractivity contribution in [2.75, 3.05) is 25.4 Å². The number of piperidine rings is 2. The molecule has 2 unspecified atom stereocenters. The van der Waals surface area contributed by atoms with Crippen LogP contribution in [0, 0.1) is 0 Å². The molecule has 0 bridgehead atoms. The van der Waals surface area contributed by atoms with Gasteiger partial charge in [-0.1, -0.05) is 18.2 Å². The zero-order valence-corrected chi connectivity index (χ0v) is 14.5. The van der Waals surface area contributed by atoms with Crippen molar-refractivity contribution in [3.63, 3.8) is 0 Å². The zero-order valence-electron chi connectivity index (χ0n) is 14.5. The Morgan fingerprint density at radius 3 is 2.48 bits per heavy atom. The van der Waals surface area contributed by atoms with Crippen LogP contribution < -0.4 is 11.1 Å². The summed E-state index contributed by atoms with van der Waals surface area (Å²) in [6.07, 6.45) is 5.17. The second-order valence-corrected chi connectivity index (χ2v) is 7.27. The van der Waals surface area contributed by atoms with E-state index in [1.807, 2.05) is 12.1 Å². The second-order valence-electron chi connectivity index (χ2n) is 7.27. The van der Waals surface area contributed by atoms with E-state index in [0.29, 0.717) is 18.1 Å². The topological polar surface area (TPSA) is 50.5 Å². The Labute approximate surface area is 140 Å². The number of nitrogens with two attached hydrogens (primary N) is 1. The summed E-state index contributed by atoms with van der Waals surface area (Å²) >= 11 is 0. The van der Waals surface area contributed by atoms with Crippen molar-refractivity contribution in [2.24, 2.45) is 0 Å². The fourth-order valence-corrected chi connectivity index (χ4v) is 3.86. The van der Waals surface area contributed by atoms with E-state index in [0.717, 1.165) is 51.0 Å². The van der Waals surface area contributed by atoms with Gasteiger partial charge >= 0.3 is 0 Å². The molecule has 1 aromatic rings. The summed E-state index contributed by atoms with van der Waals surface area (Å²) in [5.41, 5.74) is 8.31. The minimum atomic E-state index is 0.215. The fourth-order valence-electron chi connectivity index (χ4n) is 3.86. The summed E-state index contributed by atoms with van der Waals surface area (Å²) < 4.78 is 6.31. The van der Waals surface area contributed by atoms with Crippen molar-refractivity contribution < 1.29 is 4.74 Å². The van der Waals surface area contributed by atoms with Gasteiger partial charge in [-0.25, -0.2) is 0 Å². The van der Waals surface area contributed by atoms with E-state index in [1.54, 1.807) is 0 Å². The molecule has 0 amide bonds. The smallest absolute Gasteiger partial charge is 0.108 e. The number of nitrogens with zero attached hydrogens (tertiary/aromatic N) is 1. The van der Waals surface area contributed by atoms with Gasteiger partial charge in [-0.2, -0.15) is 0 Å². The van der Waals surface area contributed by atoms with Crippen molar-refractivity contribution >= 4 is 5.69 Å². The average molecular weight is 317 g/mol. The Kier molecular flexibility index (Phi) is 5.57. The maximum Gasteiger partial charge on any atom is 0.108 e. The Morgan fingerprint density at radius 2 is 1.87 bits per heavy atom. The lowest BCUT2D eigenvalue weighted by molar-refractivity contribution is -0.0707. The van der Waals surface area contributed by atoms with E-state index in [9.17, 15) is 0 Å². The maximum absolute atomic E-state index is 6.31. The molecule has 4 heteroatoms. The first-order valence-electron chi connectivity index (χ1n) is 9.10. The molecule has 2 aliphatic rings. The molecule has 2 fully saturated rings. The van der Waals surface area contributed by atoms with Gasteiger partial charge in [0.15, 0.2) is 0 Å². The highest BCUT2D eigenvalue weighted by Gasteiger charge is 2.27. The first kappa shape index (κ1) is 16.7. The first-order valence-corrected chi connectivity index (χ1v) is 9.10. The Hall–Kier alpha value is -1.10. The van der Waals surface area contributed by atoms with Crippen LogP contribution in [0.1, 0.15) is 51.0 Å². The number of rotatable bonds is 4. The van der Waals surface area contributed by atoms with Crippen molar-refractivity contribution in [2.45, 2.75) is 63.8 Å². The van der Waals surface area contributed by atoms with Crippen LogP contribution in [0.4, 0.5) is 5.69 Å². The first-order chi connectivity index (χ1) is 11.1. The van der Waals surface area contributed by atoms with E-state index in [4.69, 9.17) is 10.5 Å². The predicted molar refractivity (Wildman–Crippen MR) is 95.4 cm³/mol. The summed E-state index contributed by atoms with van der Waals surface area (Å²) in [5, 5.41) is 3.58. The second kappa shape index (κ2) is 7.65. The number of hydrogen-bond donors (Lipinski definition) is 2. The van der Waals surface area contributed by atoms with Crippen LogP contribution >= 0.6 is 0 Å². The summed E-state index contributed by atoms with van der Waals surface area (Å²) in [6.45, 7) is 7.85. The number of benzene rings is 1. The number of ether oxygens (including phenoxy) is 1. The molecule has 23 heavy (non-hydrogen) atoms. The molecule has 2 saturated heterocycles. The normalized spacial score (nSPS) is 27.4. The van der Waals surface area contributed by atoms with Gasteiger partial charge in [-0.05, 0) is 57.1 Å². The van der Waals surface area contributed by atoms with Crippen LogP contribution in [0.5, 0.6) is 0 Å². The van der Waals surface area contributed by atoms with Crippen LogP contribution in [0.3, 0.4) is 0 Å².